The Bertz CT molecular complexity index is 182. The van der Waals surface area contributed by atoms with Gasteiger partial charge in [0.1, 0.15) is 0 Å². The van der Waals surface area contributed by atoms with Crippen LogP contribution in [0.15, 0.2) is 0 Å². The van der Waals surface area contributed by atoms with Gasteiger partial charge in [0, 0.05) is 6.26 Å². The number of carboxylic acid groups (broad SMARTS) is 1. The molecule has 0 fully saturated rings. The smallest absolute Gasteiger partial charge is 0.549 e. The first-order valence-electron chi connectivity index (χ1n) is 1.79. The minimum Gasteiger partial charge on any atom is -0.549 e. The molecule has 48 valence electrons. The van der Waals surface area contributed by atoms with E-state index in [1.165, 1.54) is 0 Å². The fraction of sp³-hybridized carbons (Fsp3) is 0.667. The minimum atomic E-state index is -3.39. The summed E-state index contributed by atoms with van der Waals surface area (Å²) in [6.07, 6.45) is 0.836. The third kappa shape index (κ3) is 11.5. The zero-order chi connectivity index (χ0) is 6.78. The van der Waals surface area contributed by atoms with Crippen LogP contribution in [0.25, 0.3) is 0 Å². The van der Waals surface area contributed by atoms with Crippen molar-refractivity contribution in [2.24, 2.45) is 0 Å². The number of rotatable bonds is 2. The second-order valence-electron chi connectivity index (χ2n) is 1.44. The van der Waals surface area contributed by atoms with Gasteiger partial charge in [-0.15, -0.1) is 0 Å². The summed E-state index contributed by atoms with van der Waals surface area (Å²) in [7, 11) is -3.39. The first kappa shape index (κ1) is 11.8. The fourth-order valence-corrected chi connectivity index (χ4v) is 0.642. The molecule has 0 heterocycles. The van der Waals surface area contributed by atoms with Crippen molar-refractivity contribution in [3.63, 3.8) is 0 Å². The third-order valence-corrected chi connectivity index (χ3v) is 1.14. The van der Waals surface area contributed by atoms with E-state index in [9.17, 15) is 18.3 Å². The number of hydrogen-bond donors (Lipinski definition) is 0. The van der Waals surface area contributed by atoms with Crippen LogP contribution in [0.2, 0.25) is 0 Å². The molecule has 0 amide bonds. The molecule has 0 N–H and O–H groups in total. The molecule has 0 unspecified atom stereocenters. The maximum atomic E-state index is 10.0. The molecule has 0 aromatic rings. The van der Waals surface area contributed by atoms with Crippen LogP contribution in [0.1, 0.15) is 0 Å². The van der Waals surface area contributed by atoms with Gasteiger partial charge in [-0.25, -0.2) is 8.42 Å². The Balaban J connectivity index is 0. The molecule has 0 radical (unpaired) electrons. The summed E-state index contributed by atoms with van der Waals surface area (Å²) in [5, 5.41) is 9.52. The second-order valence-corrected chi connectivity index (χ2v) is 3.58. The molecule has 0 aliphatic rings. The molecular weight excluding hydrogens is 139 g/mol. The Hall–Kier alpha value is 0.0174. The average molecular weight is 144 g/mol. The van der Waals surface area contributed by atoms with Gasteiger partial charge in [-0.3, -0.25) is 0 Å². The molecule has 0 aromatic carbocycles. The predicted molar refractivity (Wildman–Crippen MR) is 24.7 cm³/mol. The van der Waals surface area contributed by atoms with E-state index in [2.05, 4.69) is 0 Å². The number of sulfone groups is 1. The van der Waals surface area contributed by atoms with Crippen LogP contribution < -0.4 is 24.0 Å². The van der Waals surface area contributed by atoms with E-state index in [-0.39, 0.29) is 18.9 Å². The zero-order valence-electron chi connectivity index (χ0n) is 5.25. The summed E-state index contributed by atoms with van der Waals surface area (Å²) in [4.78, 5) is 9.52. The van der Waals surface area contributed by atoms with Crippen molar-refractivity contribution in [2.45, 2.75) is 0 Å². The van der Waals surface area contributed by atoms with Crippen molar-refractivity contribution in [1.29, 1.82) is 0 Å². The van der Waals surface area contributed by atoms with Crippen molar-refractivity contribution < 1.29 is 37.2 Å². The molecule has 0 spiro atoms. The number of hydrogen-bond acceptors (Lipinski definition) is 4. The molecule has 6 heteroatoms. The second kappa shape index (κ2) is 3.93. The van der Waals surface area contributed by atoms with Crippen LogP contribution in [0, 0.1) is 0 Å². The van der Waals surface area contributed by atoms with Crippen LogP contribution in [0.3, 0.4) is 0 Å². The Labute approximate surface area is 65.3 Å². The van der Waals surface area contributed by atoms with Gasteiger partial charge in [-0.2, -0.15) is 0 Å². The summed E-state index contributed by atoms with van der Waals surface area (Å²) in [5.74, 6) is -2.46. The first-order valence-corrected chi connectivity index (χ1v) is 3.85. The summed E-state index contributed by atoms with van der Waals surface area (Å²) in [6.45, 7) is 0. The van der Waals surface area contributed by atoms with Crippen molar-refractivity contribution in [2.75, 3.05) is 12.0 Å². The van der Waals surface area contributed by atoms with Gasteiger partial charge >= 0.3 is 18.9 Å². The molecule has 0 aromatic heterocycles. The Morgan fingerprint density at radius 3 is 1.89 bits per heavy atom. The molecule has 4 nitrogen and oxygen atoms in total. The van der Waals surface area contributed by atoms with E-state index in [4.69, 9.17) is 0 Å². The topological polar surface area (TPSA) is 74.3 Å². The number of carbonyl (C=O) groups excluding carboxylic acids is 1. The molecule has 0 aliphatic carbocycles. The first-order chi connectivity index (χ1) is 3.42. The molecule has 0 atom stereocenters. The van der Waals surface area contributed by atoms with E-state index >= 15 is 0 Å². The van der Waals surface area contributed by atoms with Gasteiger partial charge < -0.3 is 9.90 Å². The van der Waals surface area contributed by atoms with Gasteiger partial charge in [-0.05, 0) is 0 Å². The summed E-state index contributed by atoms with van der Waals surface area (Å²) < 4.78 is 20.0. The number of carbonyl (C=O) groups is 1. The molecule has 0 saturated carbocycles. The quantitative estimate of drug-likeness (QED) is 0.363. The third-order valence-electron chi connectivity index (χ3n) is 0.380. The fourth-order valence-electron chi connectivity index (χ4n) is 0.214. The van der Waals surface area contributed by atoms with Crippen LogP contribution in [0.5, 0.6) is 0 Å². The zero-order valence-corrected chi connectivity index (χ0v) is 6.06. The molecule has 0 bridgehead atoms. The SMILES string of the molecule is CS(=O)(=O)CC(=O)[O-].[Li+]. The molecule has 0 saturated heterocycles. The summed E-state index contributed by atoms with van der Waals surface area (Å²) in [6, 6.07) is 0. The molecular formula is C3H5LiO4S. The van der Waals surface area contributed by atoms with Gasteiger partial charge in [-0.1, -0.05) is 0 Å². The Morgan fingerprint density at radius 1 is 1.56 bits per heavy atom. The van der Waals surface area contributed by atoms with E-state index in [0.717, 1.165) is 6.26 Å². The average Bonchev–Trinajstić information content (AvgIpc) is 1.21. The van der Waals surface area contributed by atoms with Crippen molar-refractivity contribution in [3.05, 3.63) is 0 Å². The van der Waals surface area contributed by atoms with Crippen molar-refractivity contribution >= 4 is 15.8 Å². The van der Waals surface area contributed by atoms with E-state index in [1.807, 2.05) is 0 Å². The number of aliphatic carboxylic acids is 1. The standard InChI is InChI=1S/C3H6O4S.Li/c1-8(6,7)2-3(4)5;/h2H2,1H3,(H,4,5);/q;+1/p-1. The van der Waals surface area contributed by atoms with Crippen molar-refractivity contribution in [1.82, 2.24) is 0 Å². The number of carboxylic acids is 1. The molecule has 0 rings (SSSR count). The van der Waals surface area contributed by atoms with Gasteiger partial charge in [0.05, 0.1) is 11.7 Å². The maximum Gasteiger partial charge on any atom is 1.00 e. The maximum absolute atomic E-state index is 10.0. The van der Waals surface area contributed by atoms with Crippen LogP contribution in [-0.4, -0.2) is 26.4 Å². The van der Waals surface area contributed by atoms with Crippen LogP contribution in [-0.2, 0) is 14.6 Å². The largest absolute Gasteiger partial charge is 1.00 e. The van der Waals surface area contributed by atoms with Gasteiger partial charge in [0.15, 0.2) is 9.84 Å². The summed E-state index contributed by atoms with van der Waals surface area (Å²) >= 11 is 0. The van der Waals surface area contributed by atoms with Crippen LogP contribution in [0.4, 0.5) is 0 Å². The normalized spacial score (nSPS) is 9.89. The molecule has 9 heavy (non-hydrogen) atoms. The van der Waals surface area contributed by atoms with Gasteiger partial charge in [0.2, 0.25) is 0 Å². The summed E-state index contributed by atoms with van der Waals surface area (Å²) in [5.41, 5.74) is 0. The Kier molecular flexibility index (Phi) is 5.15. The van der Waals surface area contributed by atoms with E-state index in [0.29, 0.717) is 0 Å². The van der Waals surface area contributed by atoms with E-state index in [1.54, 1.807) is 0 Å². The predicted octanol–water partition coefficient (Wildman–Crippen LogP) is -5.22. The van der Waals surface area contributed by atoms with Crippen molar-refractivity contribution in [3.8, 4) is 0 Å². The van der Waals surface area contributed by atoms with E-state index < -0.39 is 21.6 Å². The van der Waals surface area contributed by atoms with Gasteiger partial charge in [0.25, 0.3) is 0 Å². The monoisotopic (exact) mass is 144 g/mol. The molecule has 0 aliphatic heterocycles. The van der Waals surface area contributed by atoms with Crippen LogP contribution >= 0.6 is 0 Å². The minimum absolute atomic E-state index is 0. The Morgan fingerprint density at radius 2 is 1.89 bits per heavy atom.